The number of carbonyl (C=O) groups is 3. The number of hydrogen-bond acceptors (Lipinski definition) is 3. The van der Waals surface area contributed by atoms with Gasteiger partial charge in [0.15, 0.2) is 5.78 Å². The molecule has 0 bridgehead atoms. The second-order valence-corrected chi connectivity index (χ2v) is 6.43. The molecule has 0 unspecified atom stereocenters. The highest BCUT2D eigenvalue weighted by Crippen LogP contribution is 2.21. The molecule has 0 spiro atoms. The fourth-order valence-corrected chi connectivity index (χ4v) is 1.09. The van der Waals surface area contributed by atoms with Crippen LogP contribution in [0, 0.1) is 10.8 Å². The maximum absolute atomic E-state index is 11.6. The van der Waals surface area contributed by atoms with E-state index in [0.29, 0.717) is 0 Å². The summed E-state index contributed by atoms with van der Waals surface area (Å²) in [7, 11) is 0. The van der Waals surface area contributed by atoms with Gasteiger partial charge in [0.1, 0.15) is 5.78 Å². The monoisotopic (exact) mass is 226 g/mol. The van der Waals surface area contributed by atoms with Crippen LogP contribution in [0.15, 0.2) is 0 Å². The van der Waals surface area contributed by atoms with Crippen molar-refractivity contribution in [1.82, 2.24) is 0 Å². The van der Waals surface area contributed by atoms with Crippen LogP contribution in [0.2, 0.25) is 0 Å². The lowest BCUT2D eigenvalue weighted by Crippen LogP contribution is -2.28. The molecule has 0 atom stereocenters. The third kappa shape index (κ3) is 5.79. The summed E-state index contributed by atoms with van der Waals surface area (Å²) in [6.07, 6.45) is -0.0678. The van der Waals surface area contributed by atoms with Gasteiger partial charge in [-0.05, 0) is 5.41 Å². The number of hydrogen-bond donors (Lipinski definition) is 0. The summed E-state index contributed by atoms with van der Waals surface area (Å²) in [5.41, 5.74) is -0.769. The summed E-state index contributed by atoms with van der Waals surface area (Å²) < 4.78 is 0. The molecule has 0 amide bonds. The van der Waals surface area contributed by atoms with E-state index in [-0.39, 0.29) is 24.0 Å². The Morgan fingerprint density at radius 3 is 1.56 bits per heavy atom. The molecule has 0 aromatic rings. The van der Waals surface area contributed by atoms with Crippen LogP contribution in [0.1, 0.15) is 54.4 Å². The summed E-state index contributed by atoms with van der Waals surface area (Å²) in [6.45, 7) is 10.9. The third-order valence-electron chi connectivity index (χ3n) is 2.16. The highest BCUT2D eigenvalue weighted by atomic mass is 16.2. The van der Waals surface area contributed by atoms with Gasteiger partial charge in [0, 0.05) is 11.8 Å². The molecule has 0 radical (unpaired) electrons. The standard InChI is InChI=1S/C13H22O3/c1-12(2,3)8-10(15)9(14)7-11(16)13(4,5)6/h7-8H2,1-6H3. The van der Waals surface area contributed by atoms with Gasteiger partial charge in [0.05, 0.1) is 6.42 Å². The number of ketones is 3. The quantitative estimate of drug-likeness (QED) is 0.547. The zero-order valence-corrected chi connectivity index (χ0v) is 11.1. The average Bonchev–Trinajstić information content (AvgIpc) is 1.98. The zero-order valence-electron chi connectivity index (χ0n) is 11.1. The first-order valence-electron chi connectivity index (χ1n) is 5.53. The molecule has 0 aliphatic heterocycles. The molecule has 0 N–H and O–H groups in total. The zero-order chi connectivity index (χ0) is 13.1. The normalized spacial score (nSPS) is 12.4. The smallest absolute Gasteiger partial charge is 0.205 e. The van der Waals surface area contributed by atoms with Crippen molar-refractivity contribution in [2.45, 2.75) is 54.4 Å². The van der Waals surface area contributed by atoms with Gasteiger partial charge in [-0.2, -0.15) is 0 Å². The van der Waals surface area contributed by atoms with Crippen molar-refractivity contribution in [2.24, 2.45) is 10.8 Å². The van der Waals surface area contributed by atoms with Crippen LogP contribution in [0.25, 0.3) is 0 Å². The highest BCUT2D eigenvalue weighted by Gasteiger charge is 2.28. The molecule has 3 nitrogen and oxygen atoms in total. The Morgan fingerprint density at radius 2 is 1.25 bits per heavy atom. The predicted octanol–water partition coefficient (Wildman–Crippen LogP) is 2.57. The number of rotatable bonds is 4. The summed E-state index contributed by atoms with van der Waals surface area (Å²) in [5.74, 6) is -1.18. The average molecular weight is 226 g/mol. The van der Waals surface area contributed by atoms with Gasteiger partial charge < -0.3 is 0 Å². The molecule has 0 saturated heterocycles. The first-order chi connectivity index (χ1) is 6.93. The van der Waals surface area contributed by atoms with Crippen molar-refractivity contribution < 1.29 is 14.4 Å². The Hall–Kier alpha value is -0.990. The van der Waals surface area contributed by atoms with E-state index in [0.717, 1.165) is 0 Å². The van der Waals surface area contributed by atoms with Crippen molar-refractivity contribution in [3.63, 3.8) is 0 Å². The second kappa shape index (κ2) is 4.89. The van der Waals surface area contributed by atoms with E-state index in [2.05, 4.69) is 0 Å². The van der Waals surface area contributed by atoms with Crippen LogP contribution in [0.4, 0.5) is 0 Å². The Labute approximate surface area is 97.6 Å². The third-order valence-corrected chi connectivity index (χ3v) is 2.16. The molecule has 0 fully saturated rings. The minimum atomic E-state index is -0.560. The molecule has 0 saturated carbocycles. The van der Waals surface area contributed by atoms with E-state index in [4.69, 9.17) is 0 Å². The number of Topliss-reactive ketones (excluding diaryl/α,β-unsaturated/α-hetero) is 3. The molecule has 0 aliphatic carbocycles. The van der Waals surface area contributed by atoms with Crippen LogP contribution >= 0.6 is 0 Å². The topological polar surface area (TPSA) is 51.2 Å². The maximum Gasteiger partial charge on any atom is 0.205 e. The van der Waals surface area contributed by atoms with E-state index in [1.807, 2.05) is 20.8 Å². The first-order valence-corrected chi connectivity index (χ1v) is 5.53. The summed E-state index contributed by atoms with van der Waals surface area (Å²) in [5, 5.41) is 0. The Morgan fingerprint density at radius 1 is 0.812 bits per heavy atom. The summed E-state index contributed by atoms with van der Waals surface area (Å²) >= 11 is 0. The SMILES string of the molecule is CC(C)(C)CC(=O)C(=O)CC(=O)C(C)(C)C. The van der Waals surface area contributed by atoms with Crippen molar-refractivity contribution >= 4 is 17.3 Å². The Balaban J connectivity index is 4.39. The van der Waals surface area contributed by atoms with Crippen molar-refractivity contribution in [3.8, 4) is 0 Å². The van der Waals surface area contributed by atoms with E-state index in [9.17, 15) is 14.4 Å². The molecule has 0 heterocycles. The van der Waals surface area contributed by atoms with Gasteiger partial charge in [-0.15, -0.1) is 0 Å². The maximum atomic E-state index is 11.6. The van der Waals surface area contributed by atoms with E-state index in [1.165, 1.54) is 0 Å². The van der Waals surface area contributed by atoms with E-state index in [1.54, 1.807) is 20.8 Å². The molecular weight excluding hydrogens is 204 g/mol. The summed E-state index contributed by atoms with van der Waals surface area (Å²) in [6, 6.07) is 0. The minimum absolute atomic E-state index is 0.181. The lowest BCUT2D eigenvalue weighted by molar-refractivity contribution is -0.141. The minimum Gasteiger partial charge on any atom is -0.299 e. The van der Waals surface area contributed by atoms with Gasteiger partial charge in [-0.25, -0.2) is 0 Å². The molecular formula is C13H22O3. The van der Waals surface area contributed by atoms with Crippen molar-refractivity contribution in [2.75, 3.05) is 0 Å². The van der Waals surface area contributed by atoms with E-state index >= 15 is 0 Å². The molecule has 3 heteroatoms. The second-order valence-electron chi connectivity index (χ2n) is 6.43. The van der Waals surface area contributed by atoms with Crippen LogP contribution in [-0.2, 0) is 14.4 Å². The molecule has 92 valence electrons. The fourth-order valence-electron chi connectivity index (χ4n) is 1.09. The fraction of sp³-hybridized carbons (Fsp3) is 0.769. The van der Waals surface area contributed by atoms with E-state index < -0.39 is 17.0 Å². The summed E-state index contributed by atoms with van der Waals surface area (Å²) in [4.78, 5) is 34.6. The van der Waals surface area contributed by atoms with Crippen LogP contribution in [0.3, 0.4) is 0 Å². The Bertz CT molecular complexity index is 300. The molecule has 0 aliphatic rings. The number of carbonyl (C=O) groups excluding carboxylic acids is 3. The van der Waals surface area contributed by atoms with Gasteiger partial charge in [0.2, 0.25) is 5.78 Å². The first kappa shape index (κ1) is 15.0. The van der Waals surface area contributed by atoms with Gasteiger partial charge >= 0.3 is 0 Å². The lowest BCUT2D eigenvalue weighted by Gasteiger charge is -2.18. The highest BCUT2D eigenvalue weighted by molar-refractivity contribution is 6.40. The predicted molar refractivity (Wildman–Crippen MR) is 63.2 cm³/mol. The van der Waals surface area contributed by atoms with Crippen LogP contribution in [-0.4, -0.2) is 17.3 Å². The molecule has 0 rings (SSSR count). The lowest BCUT2D eigenvalue weighted by atomic mass is 9.84. The van der Waals surface area contributed by atoms with Crippen LogP contribution < -0.4 is 0 Å². The van der Waals surface area contributed by atoms with Crippen molar-refractivity contribution in [1.29, 1.82) is 0 Å². The molecule has 0 aromatic heterocycles. The molecule has 16 heavy (non-hydrogen) atoms. The Kier molecular flexibility index (Phi) is 4.59. The van der Waals surface area contributed by atoms with Gasteiger partial charge in [0.25, 0.3) is 0 Å². The van der Waals surface area contributed by atoms with Gasteiger partial charge in [-0.3, -0.25) is 14.4 Å². The van der Waals surface area contributed by atoms with Crippen molar-refractivity contribution in [3.05, 3.63) is 0 Å². The van der Waals surface area contributed by atoms with Crippen LogP contribution in [0.5, 0.6) is 0 Å². The molecule has 0 aromatic carbocycles. The largest absolute Gasteiger partial charge is 0.299 e. The van der Waals surface area contributed by atoms with Gasteiger partial charge in [-0.1, -0.05) is 41.5 Å².